The molecule has 1 aromatic carbocycles. The molecule has 6 heteroatoms. The Morgan fingerprint density at radius 1 is 0.962 bits per heavy atom. The highest BCUT2D eigenvalue weighted by atomic mass is 32.2. The predicted octanol–water partition coefficient (Wildman–Crippen LogP) is 4.44. The van der Waals surface area contributed by atoms with Crippen molar-refractivity contribution in [3.05, 3.63) is 35.4 Å². The zero-order valence-corrected chi connectivity index (χ0v) is 16.9. The first-order valence-corrected chi connectivity index (χ1v) is 11.2. The summed E-state index contributed by atoms with van der Waals surface area (Å²) in [6, 6.07) is 7.19. The number of aliphatic hydroxyl groups is 1. The molecule has 1 unspecified atom stereocenters. The fourth-order valence-electron chi connectivity index (χ4n) is 3.22. The number of benzene rings is 1. The molecular weight excluding hydrogens is 352 g/mol. The van der Waals surface area contributed by atoms with Crippen molar-refractivity contribution in [2.45, 2.75) is 76.6 Å². The molecular formula is C20H34O5S. The first-order valence-electron chi connectivity index (χ1n) is 9.72. The summed E-state index contributed by atoms with van der Waals surface area (Å²) in [6.07, 6.45) is 9.77. The average molecular weight is 387 g/mol. The van der Waals surface area contributed by atoms with E-state index in [1.807, 2.05) is 12.1 Å². The largest absolute Gasteiger partial charge is 0.394 e. The van der Waals surface area contributed by atoms with Gasteiger partial charge in [0.15, 0.2) is 0 Å². The molecule has 2 N–H and O–H groups in total. The minimum atomic E-state index is -4.48. The van der Waals surface area contributed by atoms with Gasteiger partial charge in [-0.2, -0.15) is 8.42 Å². The van der Waals surface area contributed by atoms with Crippen molar-refractivity contribution in [2.75, 3.05) is 13.2 Å². The Balaban J connectivity index is 2.68. The Morgan fingerprint density at radius 2 is 1.54 bits per heavy atom. The molecule has 0 aliphatic carbocycles. The molecule has 0 radical (unpaired) electrons. The van der Waals surface area contributed by atoms with E-state index in [2.05, 4.69) is 6.92 Å². The Bertz CT molecular complexity index is 597. The Hall–Kier alpha value is -0.950. The third-order valence-corrected chi connectivity index (χ3v) is 6.25. The molecule has 0 saturated carbocycles. The second-order valence-electron chi connectivity index (χ2n) is 6.72. The van der Waals surface area contributed by atoms with Crippen molar-refractivity contribution in [1.29, 1.82) is 0 Å². The van der Waals surface area contributed by atoms with Crippen LogP contribution in [0.4, 0.5) is 0 Å². The molecule has 26 heavy (non-hydrogen) atoms. The van der Waals surface area contributed by atoms with E-state index in [-0.39, 0.29) is 19.6 Å². The molecule has 0 fully saturated rings. The van der Waals surface area contributed by atoms with E-state index in [0.29, 0.717) is 5.56 Å². The van der Waals surface area contributed by atoms with Crippen LogP contribution in [0.3, 0.4) is 0 Å². The van der Waals surface area contributed by atoms with Crippen molar-refractivity contribution in [1.82, 2.24) is 0 Å². The molecule has 150 valence electrons. The highest BCUT2D eigenvalue weighted by molar-refractivity contribution is 7.86. The summed E-state index contributed by atoms with van der Waals surface area (Å²) < 4.78 is 39.0. The van der Waals surface area contributed by atoms with Crippen LogP contribution in [0.25, 0.3) is 0 Å². The molecule has 0 bridgehead atoms. The van der Waals surface area contributed by atoms with Crippen LogP contribution < -0.4 is 0 Å². The third kappa shape index (κ3) is 6.65. The minimum Gasteiger partial charge on any atom is -0.394 e. The van der Waals surface area contributed by atoms with E-state index in [4.69, 9.17) is 9.84 Å². The maximum atomic E-state index is 11.9. The van der Waals surface area contributed by atoms with Gasteiger partial charge in [0.2, 0.25) is 4.93 Å². The summed E-state index contributed by atoms with van der Waals surface area (Å²) in [6.45, 7) is 3.38. The van der Waals surface area contributed by atoms with Gasteiger partial charge in [-0.25, -0.2) is 0 Å². The molecule has 0 saturated heterocycles. The van der Waals surface area contributed by atoms with Crippen LogP contribution in [0, 0.1) is 0 Å². The van der Waals surface area contributed by atoms with Gasteiger partial charge in [-0.1, -0.05) is 76.6 Å². The third-order valence-electron chi connectivity index (χ3n) is 4.77. The SMILES string of the molecule is CCCCCCCCCc1ccc(C(CC)(OCCO)S(=O)(=O)O)cc1. The highest BCUT2D eigenvalue weighted by Crippen LogP contribution is 2.35. The second kappa shape index (κ2) is 11.7. The monoisotopic (exact) mass is 386 g/mol. The van der Waals surface area contributed by atoms with Gasteiger partial charge < -0.3 is 9.84 Å². The number of aliphatic hydroxyl groups excluding tert-OH is 1. The fraction of sp³-hybridized carbons (Fsp3) is 0.700. The second-order valence-corrected chi connectivity index (χ2v) is 8.33. The minimum absolute atomic E-state index is 0.0585. The molecule has 0 amide bonds. The summed E-state index contributed by atoms with van der Waals surface area (Å²) in [5.74, 6) is 0. The van der Waals surface area contributed by atoms with Crippen LogP contribution in [0.5, 0.6) is 0 Å². The normalized spacial score (nSPS) is 14.3. The van der Waals surface area contributed by atoms with E-state index in [1.165, 1.54) is 38.5 Å². The Morgan fingerprint density at radius 3 is 2.04 bits per heavy atom. The summed E-state index contributed by atoms with van der Waals surface area (Å²) in [7, 11) is -4.48. The van der Waals surface area contributed by atoms with Crippen LogP contribution >= 0.6 is 0 Å². The number of rotatable bonds is 14. The first kappa shape index (κ1) is 23.1. The predicted molar refractivity (Wildman–Crippen MR) is 105 cm³/mol. The lowest BCUT2D eigenvalue weighted by Gasteiger charge is -2.30. The van der Waals surface area contributed by atoms with Gasteiger partial charge in [0, 0.05) is 5.56 Å². The molecule has 1 rings (SSSR count). The zero-order chi connectivity index (χ0) is 19.5. The van der Waals surface area contributed by atoms with E-state index >= 15 is 0 Å². The molecule has 0 aromatic heterocycles. The van der Waals surface area contributed by atoms with E-state index in [9.17, 15) is 13.0 Å². The van der Waals surface area contributed by atoms with Crippen LogP contribution in [-0.4, -0.2) is 31.3 Å². The first-order chi connectivity index (χ1) is 12.4. The fourth-order valence-corrected chi connectivity index (χ4v) is 4.25. The summed E-state index contributed by atoms with van der Waals surface area (Å²) in [4.78, 5) is -1.83. The lowest BCUT2D eigenvalue weighted by atomic mass is 10.0. The summed E-state index contributed by atoms with van der Waals surface area (Å²) in [5.41, 5.74) is 1.53. The lowest BCUT2D eigenvalue weighted by molar-refractivity contribution is -0.0123. The molecule has 1 aromatic rings. The molecule has 0 heterocycles. The van der Waals surface area contributed by atoms with Gasteiger partial charge in [-0.15, -0.1) is 0 Å². The zero-order valence-electron chi connectivity index (χ0n) is 16.1. The van der Waals surface area contributed by atoms with Crippen LogP contribution in [0.1, 0.15) is 76.3 Å². The van der Waals surface area contributed by atoms with Crippen LogP contribution in [-0.2, 0) is 26.2 Å². The highest BCUT2D eigenvalue weighted by Gasteiger charge is 2.44. The number of unbranched alkanes of at least 4 members (excludes halogenated alkanes) is 6. The number of hydrogen-bond donors (Lipinski definition) is 2. The van der Waals surface area contributed by atoms with E-state index in [1.54, 1.807) is 19.1 Å². The number of hydrogen-bond acceptors (Lipinski definition) is 4. The van der Waals surface area contributed by atoms with Gasteiger partial charge in [-0.05, 0) is 24.8 Å². The van der Waals surface area contributed by atoms with Gasteiger partial charge in [-0.3, -0.25) is 4.55 Å². The van der Waals surface area contributed by atoms with Crippen molar-refractivity contribution < 1.29 is 22.8 Å². The van der Waals surface area contributed by atoms with Gasteiger partial charge in [0.1, 0.15) is 0 Å². The quantitative estimate of drug-likeness (QED) is 0.365. The van der Waals surface area contributed by atoms with E-state index < -0.39 is 15.1 Å². The van der Waals surface area contributed by atoms with Gasteiger partial charge in [0.05, 0.1) is 13.2 Å². The van der Waals surface area contributed by atoms with Gasteiger partial charge >= 0.3 is 0 Å². The number of aryl methyl sites for hydroxylation is 1. The average Bonchev–Trinajstić information content (AvgIpc) is 2.62. The standard InChI is InChI=1S/C20H34O5S/c1-3-5-6-7-8-9-10-11-18-12-14-19(15-13-18)20(4-2,25-17-16-21)26(22,23)24/h12-15,21H,3-11,16-17H2,1-2H3,(H,22,23,24). The van der Waals surface area contributed by atoms with Crippen LogP contribution in [0.15, 0.2) is 24.3 Å². The summed E-state index contributed by atoms with van der Waals surface area (Å²) in [5, 5.41) is 8.97. The van der Waals surface area contributed by atoms with Crippen molar-refractivity contribution in [3.8, 4) is 0 Å². The number of ether oxygens (including phenoxy) is 1. The Labute approximate surface area is 158 Å². The molecule has 0 spiro atoms. The van der Waals surface area contributed by atoms with Crippen molar-refractivity contribution >= 4 is 10.1 Å². The van der Waals surface area contributed by atoms with Crippen molar-refractivity contribution in [3.63, 3.8) is 0 Å². The maximum absolute atomic E-state index is 11.9. The topological polar surface area (TPSA) is 83.8 Å². The summed E-state index contributed by atoms with van der Waals surface area (Å²) >= 11 is 0. The lowest BCUT2D eigenvalue weighted by Crippen LogP contribution is -2.38. The van der Waals surface area contributed by atoms with Crippen molar-refractivity contribution in [2.24, 2.45) is 0 Å². The maximum Gasteiger partial charge on any atom is 0.299 e. The van der Waals surface area contributed by atoms with E-state index in [0.717, 1.165) is 18.4 Å². The van der Waals surface area contributed by atoms with Gasteiger partial charge in [0.25, 0.3) is 10.1 Å². The van der Waals surface area contributed by atoms with Crippen LogP contribution in [0.2, 0.25) is 0 Å². The smallest absolute Gasteiger partial charge is 0.299 e. The molecule has 1 atom stereocenters. The molecule has 0 aliphatic rings. The molecule has 0 aliphatic heterocycles. The molecule has 5 nitrogen and oxygen atoms in total. The Kier molecular flexibility index (Phi) is 10.4.